The van der Waals surface area contributed by atoms with Crippen LogP contribution in [0.5, 0.6) is 0 Å². The number of sulfonamides is 1. The zero-order valence-corrected chi connectivity index (χ0v) is 20.9. The minimum Gasteiger partial charge on any atom is -0.464 e. The van der Waals surface area contributed by atoms with Gasteiger partial charge in [-0.3, -0.25) is 4.90 Å². The summed E-state index contributed by atoms with van der Waals surface area (Å²) in [6.45, 7) is 4.99. The van der Waals surface area contributed by atoms with E-state index in [1.165, 1.54) is 7.11 Å². The lowest BCUT2D eigenvalue weighted by atomic mass is 9.66. The smallest absolute Gasteiger partial charge is 0.354 e. The first-order chi connectivity index (χ1) is 16.4. The van der Waals surface area contributed by atoms with E-state index in [0.29, 0.717) is 25.3 Å². The third-order valence-corrected chi connectivity index (χ3v) is 9.29. The van der Waals surface area contributed by atoms with Crippen LogP contribution in [0.3, 0.4) is 0 Å². The average Bonchev–Trinajstić information content (AvgIpc) is 3.19. The van der Waals surface area contributed by atoms with E-state index in [4.69, 9.17) is 9.47 Å². The fourth-order valence-corrected chi connectivity index (χ4v) is 7.33. The highest BCUT2D eigenvalue weighted by Crippen LogP contribution is 2.57. The van der Waals surface area contributed by atoms with Gasteiger partial charge in [0.1, 0.15) is 5.70 Å². The fraction of sp³-hybridized carbons (Fsp3) is 0.560. The molecule has 3 aliphatic rings. The van der Waals surface area contributed by atoms with Crippen LogP contribution in [0, 0.1) is 5.41 Å². The van der Waals surface area contributed by atoms with Crippen molar-refractivity contribution in [3.05, 3.63) is 35.5 Å². The van der Waals surface area contributed by atoms with Gasteiger partial charge in [-0.1, -0.05) is 6.92 Å². The molecule has 2 aromatic rings. The van der Waals surface area contributed by atoms with Crippen LogP contribution in [-0.4, -0.2) is 64.3 Å². The molecule has 0 amide bonds. The number of methoxy groups -OCH3 is 2. The number of carbonyl (C=O) groups excluding carboxylic acids is 1. The molecule has 9 heteroatoms. The summed E-state index contributed by atoms with van der Waals surface area (Å²) in [6, 6.07) is 5.42. The number of nitrogens with one attached hydrogen (secondary N) is 1. The van der Waals surface area contributed by atoms with Crippen LogP contribution in [0.4, 0.5) is 0 Å². The lowest BCUT2D eigenvalue weighted by Gasteiger charge is -2.53. The van der Waals surface area contributed by atoms with Crippen LogP contribution < -0.4 is 4.72 Å². The molecule has 0 spiro atoms. The summed E-state index contributed by atoms with van der Waals surface area (Å²) in [4.78, 5) is 15.8. The Hall–Kier alpha value is -2.20. The van der Waals surface area contributed by atoms with E-state index in [1.54, 1.807) is 19.2 Å². The van der Waals surface area contributed by atoms with E-state index in [1.807, 2.05) is 10.6 Å². The van der Waals surface area contributed by atoms with Crippen molar-refractivity contribution in [3.63, 3.8) is 0 Å². The van der Waals surface area contributed by atoms with E-state index in [0.717, 1.165) is 60.9 Å². The van der Waals surface area contributed by atoms with E-state index >= 15 is 0 Å². The molecular weight excluding hydrogens is 454 g/mol. The summed E-state index contributed by atoms with van der Waals surface area (Å²) in [5.74, 6) is -0.356. The highest BCUT2D eigenvalue weighted by Gasteiger charge is 2.51. The predicted molar refractivity (Wildman–Crippen MR) is 130 cm³/mol. The molecule has 8 nitrogen and oxygen atoms in total. The zero-order chi connectivity index (χ0) is 24.1. The van der Waals surface area contributed by atoms with Crippen LogP contribution in [0.2, 0.25) is 0 Å². The second-order valence-electron chi connectivity index (χ2n) is 9.52. The number of fused-ring (bicyclic) bond motifs is 3. The second-order valence-corrected chi connectivity index (χ2v) is 11.3. The van der Waals surface area contributed by atoms with Gasteiger partial charge >= 0.3 is 5.97 Å². The summed E-state index contributed by atoms with van der Waals surface area (Å²) in [5.41, 5.74) is 3.57. The van der Waals surface area contributed by atoms with E-state index in [9.17, 15) is 13.2 Å². The van der Waals surface area contributed by atoms with Crippen LogP contribution in [-0.2, 0) is 30.7 Å². The number of ether oxygens (including phenoxy) is 2. The van der Waals surface area contributed by atoms with Gasteiger partial charge in [0.05, 0.1) is 23.6 Å². The van der Waals surface area contributed by atoms with Crippen molar-refractivity contribution in [2.45, 2.75) is 50.0 Å². The topological polar surface area (TPSA) is 89.9 Å². The second kappa shape index (κ2) is 8.78. The molecule has 1 N–H and O–H groups in total. The Morgan fingerprint density at radius 3 is 2.82 bits per heavy atom. The molecule has 2 atom stereocenters. The van der Waals surface area contributed by atoms with Crippen LogP contribution in [0.15, 0.2) is 29.2 Å². The predicted octanol–water partition coefficient (Wildman–Crippen LogP) is 3.07. The Balaban J connectivity index is 1.68. The van der Waals surface area contributed by atoms with Crippen molar-refractivity contribution >= 4 is 32.6 Å². The number of esters is 1. The van der Waals surface area contributed by atoms with Crippen LogP contribution in [0.1, 0.15) is 49.9 Å². The van der Waals surface area contributed by atoms with Crippen molar-refractivity contribution in [1.82, 2.24) is 14.2 Å². The highest BCUT2D eigenvalue weighted by molar-refractivity contribution is 7.89. The fourth-order valence-electron chi connectivity index (χ4n) is 6.23. The van der Waals surface area contributed by atoms with Gasteiger partial charge in [0.2, 0.25) is 10.0 Å². The summed E-state index contributed by atoms with van der Waals surface area (Å²) in [5, 5.41) is 0.904. The van der Waals surface area contributed by atoms with Gasteiger partial charge in [-0.15, -0.1) is 0 Å². The number of hydrogen-bond donors (Lipinski definition) is 1. The van der Waals surface area contributed by atoms with Gasteiger partial charge in [0, 0.05) is 43.3 Å². The summed E-state index contributed by atoms with van der Waals surface area (Å²) in [7, 11) is -0.638. The average molecular weight is 488 g/mol. The number of rotatable bonds is 8. The maximum absolute atomic E-state index is 13.0. The molecule has 0 aliphatic carbocycles. The SMILES string of the molecule is CC[C@@]12C=C(C(=O)OC)n3c4c(c5cc(S(=O)(=O)NCCCOC)ccc53)CCN(CCC1)[C@H]42. The number of nitrogens with zero attached hydrogens (tertiary/aromatic N) is 2. The number of aromatic nitrogens is 1. The molecule has 1 fully saturated rings. The molecule has 34 heavy (non-hydrogen) atoms. The normalized spacial score (nSPS) is 24.1. The lowest BCUT2D eigenvalue weighted by molar-refractivity contribution is -0.134. The Bertz CT molecular complexity index is 1270. The van der Waals surface area contributed by atoms with E-state index in [2.05, 4.69) is 22.6 Å². The third-order valence-electron chi connectivity index (χ3n) is 7.83. The highest BCUT2D eigenvalue weighted by atomic mass is 32.2. The minimum atomic E-state index is -3.65. The van der Waals surface area contributed by atoms with Crippen molar-refractivity contribution in [3.8, 4) is 0 Å². The first-order valence-corrected chi connectivity index (χ1v) is 13.6. The largest absolute Gasteiger partial charge is 0.464 e. The molecule has 1 saturated heterocycles. The maximum Gasteiger partial charge on any atom is 0.354 e. The van der Waals surface area contributed by atoms with Crippen LogP contribution >= 0.6 is 0 Å². The molecular formula is C25H33N3O5S. The Morgan fingerprint density at radius 1 is 1.26 bits per heavy atom. The van der Waals surface area contributed by atoms with Gasteiger partial charge in [-0.25, -0.2) is 17.9 Å². The number of hydrogen-bond acceptors (Lipinski definition) is 6. The quantitative estimate of drug-likeness (QED) is 0.455. The Morgan fingerprint density at radius 2 is 2.09 bits per heavy atom. The first kappa shape index (κ1) is 23.5. The van der Waals surface area contributed by atoms with Gasteiger partial charge in [0.25, 0.3) is 0 Å². The molecule has 0 radical (unpaired) electrons. The summed E-state index contributed by atoms with van der Waals surface area (Å²) >= 11 is 0. The van der Waals surface area contributed by atoms with Gasteiger partial charge in [0.15, 0.2) is 0 Å². The van der Waals surface area contributed by atoms with Gasteiger partial charge in [-0.2, -0.15) is 0 Å². The molecule has 0 saturated carbocycles. The molecule has 1 aromatic carbocycles. The molecule has 1 aromatic heterocycles. The Labute approximate surface area is 200 Å². The van der Waals surface area contributed by atoms with Crippen molar-refractivity contribution in [1.29, 1.82) is 0 Å². The molecule has 3 aliphatic heterocycles. The Kier molecular flexibility index (Phi) is 6.08. The maximum atomic E-state index is 13.0. The minimum absolute atomic E-state index is 0.126. The summed E-state index contributed by atoms with van der Waals surface area (Å²) < 4.78 is 40.9. The van der Waals surface area contributed by atoms with Gasteiger partial charge in [-0.05, 0) is 68.5 Å². The summed E-state index contributed by atoms with van der Waals surface area (Å²) in [6.07, 6.45) is 6.63. The van der Waals surface area contributed by atoms with Crippen LogP contribution in [0.25, 0.3) is 16.6 Å². The third kappa shape index (κ3) is 3.52. The molecule has 5 rings (SSSR count). The molecule has 0 unspecified atom stereocenters. The number of piperidine rings is 1. The van der Waals surface area contributed by atoms with Crippen molar-refractivity contribution in [2.24, 2.45) is 5.41 Å². The monoisotopic (exact) mass is 487 g/mol. The first-order valence-electron chi connectivity index (χ1n) is 12.1. The standard InChI is InChI=1S/C25H33N3O5S/c1-4-25-10-5-12-27-13-9-18-19-15-17(34(30,31)26-11-6-14-32-2)7-8-20(19)28(22(18)23(25)27)21(16-25)24(29)33-3/h7-8,15-16,23,26H,4-6,9-14H2,1-3H3/t23-,25+/m1/s1. The van der Waals surface area contributed by atoms with Crippen molar-refractivity contribution < 1.29 is 22.7 Å². The van der Waals surface area contributed by atoms with E-state index in [-0.39, 0.29) is 22.3 Å². The molecule has 0 bridgehead atoms. The lowest BCUT2D eigenvalue weighted by Crippen LogP contribution is -2.51. The zero-order valence-electron chi connectivity index (χ0n) is 20.1. The van der Waals surface area contributed by atoms with E-state index < -0.39 is 10.0 Å². The number of benzene rings is 1. The number of carbonyl (C=O) groups is 1. The molecule has 184 valence electrons. The van der Waals surface area contributed by atoms with Gasteiger partial charge < -0.3 is 14.0 Å². The van der Waals surface area contributed by atoms with Crippen molar-refractivity contribution in [2.75, 3.05) is 40.5 Å². The molecule has 4 heterocycles.